The number of hydrogen-bond donors (Lipinski definition) is 1. The van der Waals surface area contributed by atoms with Crippen molar-refractivity contribution in [1.29, 1.82) is 0 Å². The van der Waals surface area contributed by atoms with Gasteiger partial charge >= 0.3 is 0 Å². The van der Waals surface area contributed by atoms with E-state index in [4.69, 9.17) is 0 Å². The van der Waals surface area contributed by atoms with Gasteiger partial charge in [0.05, 0.1) is 16.3 Å². The molecule has 0 aliphatic carbocycles. The predicted octanol–water partition coefficient (Wildman–Crippen LogP) is 5.17. The molecule has 32 heavy (non-hydrogen) atoms. The summed E-state index contributed by atoms with van der Waals surface area (Å²) in [7, 11) is 0. The molecule has 4 rings (SSSR count). The van der Waals surface area contributed by atoms with Gasteiger partial charge in [0, 0.05) is 35.2 Å². The third-order valence-corrected chi connectivity index (χ3v) is 5.45. The van der Waals surface area contributed by atoms with Crippen LogP contribution in [-0.2, 0) is 4.79 Å². The summed E-state index contributed by atoms with van der Waals surface area (Å²) in [6.07, 6.45) is 2.96. The van der Waals surface area contributed by atoms with Crippen molar-refractivity contribution in [3.8, 4) is 16.4 Å². The van der Waals surface area contributed by atoms with Crippen LogP contribution in [0, 0.1) is 24.0 Å². The second-order valence-electron chi connectivity index (χ2n) is 7.14. The van der Waals surface area contributed by atoms with E-state index in [2.05, 4.69) is 15.4 Å². The van der Waals surface area contributed by atoms with Crippen LogP contribution in [0.2, 0.25) is 0 Å². The highest BCUT2D eigenvalue weighted by Gasteiger charge is 2.14. The Kier molecular flexibility index (Phi) is 5.91. The zero-order chi connectivity index (χ0) is 22.7. The number of nitrogens with one attached hydrogen (secondary N) is 1. The van der Waals surface area contributed by atoms with E-state index in [1.54, 1.807) is 29.0 Å². The van der Waals surface area contributed by atoms with Gasteiger partial charge in [-0.25, -0.2) is 4.98 Å². The third-order valence-electron chi connectivity index (χ3n) is 4.63. The maximum atomic E-state index is 12.4. The Bertz CT molecular complexity index is 1300. The number of rotatable bonds is 6. The lowest BCUT2D eigenvalue weighted by Gasteiger charge is -2.04. The van der Waals surface area contributed by atoms with Gasteiger partial charge in [-0.3, -0.25) is 14.9 Å². The van der Waals surface area contributed by atoms with Gasteiger partial charge < -0.3 is 5.32 Å². The molecular formula is C23H19N5O3S. The Morgan fingerprint density at radius 2 is 1.84 bits per heavy atom. The molecule has 1 amide bonds. The first-order chi connectivity index (χ1) is 15.4. The Hall–Kier alpha value is -4.11. The zero-order valence-electron chi connectivity index (χ0n) is 17.4. The average molecular weight is 446 g/mol. The molecule has 9 heteroatoms. The van der Waals surface area contributed by atoms with Gasteiger partial charge in [0.2, 0.25) is 11.0 Å². The molecule has 160 valence electrons. The summed E-state index contributed by atoms with van der Waals surface area (Å²) in [5.41, 5.74) is 4.45. The lowest BCUT2D eigenvalue weighted by atomic mass is 10.1. The fourth-order valence-electron chi connectivity index (χ4n) is 3.00. The van der Waals surface area contributed by atoms with Crippen LogP contribution in [0.5, 0.6) is 0 Å². The minimum Gasteiger partial charge on any atom is -0.307 e. The van der Waals surface area contributed by atoms with Crippen molar-refractivity contribution >= 4 is 34.8 Å². The third kappa shape index (κ3) is 4.79. The number of anilines is 1. The summed E-state index contributed by atoms with van der Waals surface area (Å²) >= 11 is 1.44. The van der Waals surface area contributed by atoms with Crippen LogP contribution in [-0.4, -0.2) is 25.6 Å². The standard InChI is InChI=1S/C23H19N5O3S/c1-15-3-8-18(9-4-15)20-14-32-23(24-20)27-21(13-16(2)26-27)25-22(29)12-7-17-5-10-19(11-6-17)28(30)31/h3-14H,1-2H3,(H,25,29)/b12-7+. The highest BCUT2D eigenvalue weighted by atomic mass is 32.1. The van der Waals surface area contributed by atoms with Gasteiger partial charge in [0.25, 0.3) is 5.69 Å². The van der Waals surface area contributed by atoms with Gasteiger partial charge in [0.15, 0.2) is 0 Å². The van der Waals surface area contributed by atoms with Gasteiger partial charge in [-0.2, -0.15) is 9.78 Å². The highest BCUT2D eigenvalue weighted by molar-refractivity contribution is 7.12. The molecule has 0 aliphatic rings. The number of non-ortho nitro benzene ring substituents is 1. The summed E-state index contributed by atoms with van der Waals surface area (Å²) < 4.78 is 1.61. The molecule has 0 fully saturated rings. The maximum absolute atomic E-state index is 12.4. The number of aryl methyl sites for hydroxylation is 2. The first-order valence-electron chi connectivity index (χ1n) is 9.72. The molecule has 4 aromatic rings. The van der Waals surface area contributed by atoms with Gasteiger partial charge in [-0.1, -0.05) is 29.8 Å². The van der Waals surface area contributed by atoms with E-state index in [0.29, 0.717) is 16.5 Å². The number of thiazole rings is 1. The number of nitro benzene ring substituents is 1. The molecule has 1 N–H and O–H groups in total. The smallest absolute Gasteiger partial charge is 0.269 e. The van der Waals surface area contributed by atoms with Gasteiger partial charge in [-0.15, -0.1) is 11.3 Å². The molecule has 0 saturated carbocycles. The van der Waals surface area contributed by atoms with Crippen LogP contribution >= 0.6 is 11.3 Å². The summed E-state index contributed by atoms with van der Waals surface area (Å²) in [5, 5.41) is 20.6. The van der Waals surface area contributed by atoms with Crippen LogP contribution < -0.4 is 5.32 Å². The topological polar surface area (TPSA) is 103 Å². The monoisotopic (exact) mass is 445 g/mol. The molecule has 2 aromatic carbocycles. The summed E-state index contributed by atoms with van der Waals surface area (Å²) in [6, 6.07) is 15.8. The fraction of sp³-hybridized carbons (Fsp3) is 0.0870. The SMILES string of the molecule is Cc1ccc(-c2csc(-n3nc(C)cc3NC(=O)/C=C/c3ccc([N+](=O)[O-])cc3)n2)cc1. The Labute approximate surface area is 188 Å². The van der Waals surface area contributed by atoms with E-state index in [1.165, 1.54) is 35.1 Å². The van der Waals surface area contributed by atoms with Crippen molar-refractivity contribution in [2.24, 2.45) is 0 Å². The van der Waals surface area contributed by atoms with E-state index in [-0.39, 0.29) is 11.6 Å². The van der Waals surface area contributed by atoms with Gasteiger partial charge in [0.1, 0.15) is 5.82 Å². The first kappa shape index (κ1) is 21.1. The summed E-state index contributed by atoms with van der Waals surface area (Å²) in [5.74, 6) is 0.158. The number of hydrogen-bond acceptors (Lipinski definition) is 6. The Morgan fingerprint density at radius 1 is 1.12 bits per heavy atom. The first-order valence-corrected chi connectivity index (χ1v) is 10.6. The van der Waals surface area contributed by atoms with Crippen molar-refractivity contribution in [2.75, 3.05) is 5.32 Å². The number of amides is 1. The summed E-state index contributed by atoms with van der Waals surface area (Å²) in [6.45, 7) is 3.88. The number of carbonyl (C=O) groups excluding carboxylic acids is 1. The fourth-order valence-corrected chi connectivity index (χ4v) is 3.80. The lowest BCUT2D eigenvalue weighted by Crippen LogP contribution is -2.12. The second kappa shape index (κ2) is 8.94. The zero-order valence-corrected chi connectivity index (χ0v) is 18.2. The van der Waals surface area contributed by atoms with Crippen LogP contribution in [0.4, 0.5) is 11.5 Å². The van der Waals surface area contributed by atoms with E-state index in [0.717, 1.165) is 17.0 Å². The molecule has 8 nitrogen and oxygen atoms in total. The molecule has 0 atom stereocenters. The number of aromatic nitrogens is 3. The minimum absolute atomic E-state index is 0.000525. The Balaban J connectivity index is 1.50. The molecule has 2 heterocycles. The van der Waals surface area contributed by atoms with Gasteiger partial charge in [-0.05, 0) is 37.6 Å². The molecule has 0 radical (unpaired) electrons. The van der Waals surface area contributed by atoms with E-state index >= 15 is 0 Å². The number of nitrogens with zero attached hydrogens (tertiary/aromatic N) is 4. The quantitative estimate of drug-likeness (QED) is 0.250. The molecule has 2 aromatic heterocycles. The largest absolute Gasteiger partial charge is 0.307 e. The molecular weight excluding hydrogens is 426 g/mol. The molecule has 0 saturated heterocycles. The van der Waals surface area contributed by atoms with Crippen molar-refractivity contribution in [2.45, 2.75) is 13.8 Å². The molecule has 0 unspecified atom stereocenters. The number of carbonyl (C=O) groups is 1. The lowest BCUT2D eigenvalue weighted by molar-refractivity contribution is -0.384. The van der Waals surface area contributed by atoms with Crippen molar-refractivity contribution < 1.29 is 9.72 Å². The maximum Gasteiger partial charge on any atom is 0.269 e. The van der Waals surface area contributed by atoms with Crippen LogP contribution in [0.3, 0.4) is 0 Å². The highest BCUT2D eigenvalue weighted by Crippen LogP contribution is 2.26. The Morgan fingerprint density at radius 3 is 2.53 bits per heavy atom. The average Bonchev–Trinajstić information content (AvgIpc) is 3.40. The van der Waals surface area contributed by atoms with E-state index in [9.17, 15) is 14.9 Å². The predicted molar refractivity (Wildman–Crippen MR) is 125 cm³/mol. The van der Waals surface area contributed by atoms with E-state index in [1.807, 2.05) is 43.5 Å². The molecule has 0 bridgehead atoms. The van der Waals surface area contributed by atoms with E-state index < -0.39 is 4.92 Å². The number of benzene rings is 2. The van der Waals surface area contributed by atoms with Crippen molar-refractivity contribution in [3.05, 3.63) is 93.0 Å². The number of nitro groups is 1. The molecule has 0 aliphatic heterocycles. The molecule has 0 spiro atoms. The summed E-state index contributed by atoms with van der Waals surface area (Å²) in [4.78, 5) is 27.4. The second-order valence-corrected chi connectivity index (χ2v) is 7.97. The normalized spacial score (nSPS) is 11.1. The van der Waals surface area contributed by atoms with Crippen LogP contribution in [0.1, 0.15) is 16.8 Å². The van der Waals surface area contributed by atoms with Crippen LogP contribution in [0.15, 0.2) is 66.1 Å². The van der Waals surface area contributed by atoms with Crippen molar-refractivity contribution in [3.63, 3.8) is 0 Å². The van der Waals surface area contributed by atoms with Crippen molar-refractivity contribution in [1.82, 2.24) is 14.8 Å². The van der Waals surface area contributed by atoms with Crippen LogP contribution in [0.25, 0.3) is 22.5 Å². The minimum atomic E-state index is -0.466.